The molecule has 0 aliphatic carbocycles. The molecular weight excluding hydrogens is 135 g/mol. The van der Waals surface area contributed by atoms with Gasteiger partial charge in [0.1, 0.15) is 7.85 Å². The molecule has 0 aliphatic rings. The molecule has 0 heterocycles. The van der Waals surface area contributed by atoms with Crippen molar-refractivity contribution in [2.24, 2.45) is 5.92 Å². The summed E-state index contributed by atoms with van der Waals surface area (Å²) in [4.78, 5) is 0. The molecular formula is C9H21BO. The standard InChI is InChI=1S/C9H21BO/c1-7(8(2)10)6-11-9(3,4)5/h7-8H,6,10H2,1-5H3. The van der Waals surface area contributed by atoms with E-state index in [4.69, 9.17) is 4.74 Å². The Morgan fingerprint density at radius 3 is 2.00 bits per heavy atom. The van der Waals surface area contributed by atoms with Gasteiger partial charge in [-0.25, -0.2) is 0 Å². The number of rotatable bonds is 3. The van der Waals surface area contributed by atoms with Crippen LogP contribution in [0.4, 0.5) is 0 Å². The highest BCUT2D eigenvalue weighted by Crippen LogP contribution is 2.16. The highest BCUT2D eigenvalue weighted by molar-refractivity contribution is 6.11. The monoisotopic (exact) mass is 156 g/mol. The zero-order valence-electron chi connectivity index (χ0n) is 8.77. The van der Waals surface area contributed by atoms with Gasteiger partial charge in [-0.15, -0.1) is 0 Å². The van der Waals surface area contributed by atoms with Crippen molar-refractivity contribution in [3.8, 4) is 0 Å². The number of hydrogen-bond donors (Lipinski definition) is 0. The fourth-order valence-corrected chi connectivity index (χ4v) is 0.574. The lowest BCUT2D eigenvalue weighted by atomic mass is 9.79. The minimum atomic E-state index is 0.0170. The van der Waals surface area contributed by atoms with Gasteiger partial charge in [-0.2, -0.15) is 0 Å². The van der Waals surface area contributed by atoms with Gasteiger partial charge >= 0.3 is 0 Å². The Morgan fingerprint density at radius 2 is 1.73 bits per heavy atom. The van der Waals surface area contributed by atoms with Crippen LogP contribution in [0.5, 0.6) is 0 Å². The van der Waals surface area contributed by atoms with E-state index >= 15 is 0 Å². The van der Waals surface area contributed by atoms with Gasteiger partial charge in [-0.3, -0.25) is 0 Å². The summed E-state index contributed by atoms with van der Waals surface area (Å²) in [7, 11) is 2.23. The molecule has 0 aromatic heterocycles. The van der Waals surface area contributed by atoms with E-state index < -0.39 is 0 Å². The average Bonchev–Trinajstić information content (AvgIpc) is 1.80. The molecule has 66 valence electrons. The van der Waals surface area contributed by atoms with Crippen molar-refractivity contribution >= 4 is 7.85 Å². The minimum Gasteiger partial charge on any atom is -0.376 e. The Hall–Kier alpha value is 0.0249. The second kappa shape index (κ2) is 4.15. The van der Waals surface area contributed by atoms with E-state index in [1.54, 1.807) is 0 Å². The number of ether oxygens (including phenoxy) is 1. The van der Waals surface area contributed by atoms with Gasteiger partial charge in [0.25, 0.3) is 0 Å². The van der Waals surface area contributed by atoms with Gasteiger partial charge in [-0.05, 0) is 26.7 Å². The Balaban J connectivity index is 3.54. The van der Waals surface area contributed by atoms with Gasteiger partial charge in [0.15, 0.2) is 0 Å². The maximum absolute atomic E-state index is 5.65. The molecule has 0 fully saturated rings. The van der Waals surface area contributed by atoms with Gasteiger partial charge in [-0.1, -0.05) is 19.7 Å². The van der Waals surface area contributed by atoms with E-state index in [0.717, 1.165) is 12.4 Å². The summed E-state index contributed by atoms with van der Waals surface area (Å²) in [5.74, 6) is 1.38. The average molecular weight is 156 g/mol. The molecule has 2 heteroatoms. The topological polar surface area (TPSA) is 9.23 Å². The predicted molar refractivity (Wildman–Crippen MR) is 52.8 cm³/mol. The fourth-order valence-electron chi connectivity index (χ4n) is 0.574. The molecule has 0 saturated carbocycles. The Bertz CT molecular complexity index is 105. The van der Waals surface area contributed by atoms with E-state index in [2.05, 4.69) is 42.5 Å². The van der Waals surface area contributed by atoms with Crippen LogP contribution in [0.1, 0.15) is 34.6 Å². The van der Waals surface area contributed by atoms with Crippen LogP contribution in [0.25, 0.3) is 0 Å². The summed E-state index contributed by atoms with van der Waals surface area (Å²) in [5, 5.41) is 0. The van der Waals surface area contributed by atoms with Crippen LogP contribution in [0, 0.1) is 5.92 Å². The third-order valence-electron chi connectivity index (χ3n) is 1.92. The van der Waals surface area contributed by atoms with Crippen molar-refractivity contribution in [3.05, 3.63) is 0 Å². The molecule has 0 rings (SSSR count). The second-order valence-corrected chi connectivity index (χ2v) is 4.64. The van der Waals surface area contributed by atoms with Crippen LogP contribution in [-0.4, -0.2) is 20.1 Å². The lowest BCUT2D eigenvalue weighted by molar-refractivity contribution is -0.0197. The summed E-state index contributed by atoms with van der Waals surface area (Å²) in [6.45, 7) is 11.6. The molecule has 0 aliphatic heterocycles. The van der Waals surface area contributed by atoms with Gasteiger partial charge in [0.05, 0.1) is 5.60 Å². The highest BCUT2D eigenvalue weighted by Gasteiger charge is 2.13. The second-order valence-electron chi connectivity index (χ2n) is 4.64. The molecule has 0 spiro atoms. The molecule has 0 amide bonds. The summed E-state index contributed by atoms with van der Waals surface area (Å²) in [5.41, 5.74) is 0.0170. The van der Waals surface area contributed by atoms with Crippen LogP contribution in [0.15, 0.2) is 0 Å². The van der Waals surface area contributed by atoms with Gasteiger partial charge < -0.3 is 4.74 Å². The molecule has 0 bridgehead atoms. The van der Waals surface area contributed by atoms with Crippen molar-refractivity contribution in [1.82, 2.24) is 0 Å². The largest absolute Gasteiger partial charge is 0.376 e. The van der Waals surface area contributed by atoms with Crippen LogP contribution in [0.2, 0.25) is 5.82 Å². The quantitative estimate of drug-likeness (QED) is 0.567. The maximum Gasteiger partial charge on any atom is 0.105 e. The van der Waals surface area contributed by atoms with Crippen molar-refractivity contribution in [2.45, 2.75) is 46.0 Å². The van der Waals surface area contributed by atoms with Crippen LogP contribution >= 0.6 is 0 Å². The summed E-state index contributed by atoms with van der Waals surface area (Å²) in [6.07, 6.45) is 0. The third kappa shape index (κ3) is 6.42. The molecule has 0 aromatic rings. The summed E-state index contributed by atoms with van der Waals surface area (Å²) in [6, 6.07) is 0. The molecule has 2 atom stereocenters. The van der Waals surface area contributed by atoms with E-state index in [1.807, 2.05) is 0 Å². The number of hydrogen-bond acceptors (Lipinski definition) is 1. The summed E-state index contributed by atoms with van der Waals surface area (Å²) >= 11 is 0. The van der Waals surface area contributed by atoms with Crippen molar-refractivity contribution in [1.29, 1.82) is 0 Å². The Kier molecular flexibility index (Phi) is 4.16. The minimum absolute atomic E-state index is 0.0170. The van der Waals surface area contributed by atoms with Crippen molar-refractivity contribution in [3.63, 3.8) is 0 Å². The van der Waals surface area contributed by atoms with Gasteiger partial charge in [0.2, 0.25) is 0 Å². The first kappa shape index (κ1) is 11.0. The zero-order valence-corrected chi connectivity index (χ0v) is 8.77. The lowest BCUT2D eigenvalue weighted by Gasteiger charge is -2.24. The van der Waals surface area contributed by atoms with Gasteiger partial charge in [0, 0.05) is 6.61 Å². The smallest absolute Gasteiger partial charge is 0.105 e. The molecule has 11 heavy (non-hydrogen) atoms. The van der Waals surface area contributed by atoms with Crippen LogP contribution < -0.4 is 0 Å². The van der Waals surface area contributed by atoms with E-state index in [-0.39, 0.29) is 5.60 Å². The molecule has 2 unspecified atom stereocenters. The summed E-state index contributed by atoms with van der Waals surface area (Å²) < 4.78 is 5.65. The first-order valence-corrected chi connectivity index (χ1v) is 4.47. The fraction of sp³-hybridized carbons (Fsp3) is 1.00. The normalized spacial score (nSPS) is 17.9. The predicted octanol–water partition coefficient (Wildman–Crippen LogP) is 1.88. The first-order chi connectivity index (χ1) is 4.83. The zero-order chi connectivity index (χ0) is 9.07. The first-order valence-electron chi connectivity index (χ1n) is 4.47. The SMILES string of the molecule is BC(C)C(C)COC(C)(C)C. The van der Waals surface area contributed by atoms with Crippen molar-refractivity contribution in [2.75, 3.05) is 6.61 Å². The van der Waals surface area contributed by atoms with E-state index in [1.165, 1.54) is 0 Å². The van der Waals surface area contributed by atoms with Crippen LogP contribution in [0.3, 0.4) is 0 Å². The Morgan fingerprint density at radius 1 is 1.27 bits per heavy atom. The highest BCUT2D eigenvalue weighted by atomic mass is 16.5. The molecule has 0 N–H and O–H groups in total. The molecule has 0 aromatic carbocycles. The molecule has 0 saturated heterocycles. The maximum atomic E-state index is 5.65. The van der Waals surface area contributed by atoms with E-state index in [0.29, 0.717) is 5.92 Å². The van der Waals surface area contributed by atoms with Crippen molar-refractivity contribution < 1.29 is 4.74 Å². The Labute approximate surface area is 71.9 Å². The molecule has 1 nitrogen and oxygen atoms in total. The molecule has 0 radical (unpaired) electrons. The third-order valence-corrected chi connectivity index (χ3v) is 1.92. The van der Waals surface area contributed by atoms with E-state index in [9.17, 15) is 0 Å². The lowest BCUT2D eigenvalue weighted by Crippen LogP contribution is -2.23. The van der Waals surface area contributed by atoms with Crippen LogP contribution in [-0.2, 0) is 4.74 Å².